The Labute approximate surface area is 143 Å². The molecule has 3 heterocycles. The molecule has 1 aliphatic carbocycles. The third-order valence-electron chi connectivity index (χ3n) is 5.04. The van der Waals surface area contributed by atoms with Crippen LogP contribution in [-0.4, -0.2) is 35.9 Å². The molecule has 3 unspecified atom stereocenters. The van der Waals surface area contributed by atoms with Crippen LogP contribution >= 0.6 is 0 Å². The molecule has 3 aromatic rings. The van der Waals surface area contributed by atoms with E-state index in [0.29, 0.717) is 16.9 Å². The number of aromatic nitrogens is 5. The minimum atomic E-state index is -0.442. The monoisotopic (exact) mass is 338 g/mol. The van der Waals surface area contributed by atoms with Gasteiger partial charge in [-0.1, -0.05) is 6.42 Å². The molecule has 0 bridgehead atoms. The number of rotatable bonds is 4. The quantitative estimate of drug-likeness (QED) is 0.668. The van der Waals surface area contributed by atoms with Gasteiger partial charge in [0.1, 0.15) is 12.0 Å². The van der Waals surface area contributed by atoms with Gasteiger partial charge in [0.25, 0.3) is 5.56 Å². The number of aromatic amines is 2. The second kappa shape index (κ2) is 6.18. The molecule has 25 heavy (non-hydrogen) atoms. The summed E-state index contributed by atoms with van der Waals surface area (Å²) in [7, 11) is 0. The molecule has 3 atom stereocenters. The van der Waals surface area contributed by atoms with Crippen LogP contribution in [0.1, 0.15) is 31.7 Å². The lowest BCUT2D eigenvalue weighted by Gasteiger charge is -2.25. The molecule has 8 nitrogen and oxygen atoms in total. The summed E-state index contributed by atoms with van der Waals surface area (Å²) in [5, 5.41) is 23.0. The first-order valence-corrected chi connectivity index (χ1v) is 8.33. The first-order chi connectivity index (χ1) is 12.2. The lowest BCUT2D eigenvalue weighted by Crippen LogP contribution is -2.26. The topological polar surface area (TPSA) is 123 Å². The Bertz CT molecular complexity index is 994. The van der Waals surface area contributed by atoms with E-state index >= 15 is 0 Å². The first kappa shape index (κ1) is 15.6. The molecular weight excluding hydrogens is 320 g/mol. The van der Waals surface area contributed by atoms with Crippen LogP contribution in [-0.2, 0) is 0 Å². The number of H-pyrrole nitrogens is 2. The minimum absolute atomic E-state index is 0.0340. The third kappa shape index (κ3) is 2.62. The van der Waals surface area contributed by atoms with Crippen LogP contribution in [0.25, 0.3) is 22.3 Å². The van der Waals surface area contributed by atoms with E-state index in [1.54, 1.807) is 17.1 Å². The van der Waals surface area contributed by atoms with Gasteiger partial charge in [-0.05, 0) is 18.9 Å². The Balaban J connectivity index is 1.78. The number of hydrogen-bond donors (Lipinski definition) is 3. The zero-order valence-electron chi connectivity index (χ0n) is 13.5. The number of aliphatic hydroxyl groups excluding tert-OH is 1. The van der Waals surface area contributed by atoms with Crippen molar-refractivity contribution in [3.8, 4) is 17.3 Å². The van der Waals surface area contributed by atoms with Crippen LogP contribution in [0.15, 0.2) is 29.6 Å². The fraction of sp³-hybridized carbons (Fsp3) is 0.412. The van der Waals surface area contributed by atoms with Crippen molar-refractivity contribution >= 4 is 11.0 Å². The molecule has 0 saturated heterocycles. The largest absolute Gasteiger partial charge is 0.393 e. The maximum atomic E-state index is 12.5. The van der Waals surface area contributed by atoms with Crippen molar-refractivity contribution in [1.82, 2.24) is 24.7 Å². The molecule has 0 radical (unpaired) electrons. The summed E-state index contributed by atoms with van der Waals surface area (Å²) in [4.78, 5) is 23.9. The maximum absolute atomic E-state index is 12.5. The van der Waals surface area contributed by atoms with E-state index in [9.17, 15) is 15.2 Å². The second-order valence-corrected chi connectivity index (χ2v) is 6.44. The highest BCUT2D eigenvalue weighted by atomic mass is 16.3. The standard InChI is InChI=1S/C17H18N6O2/c18-6-4-13(10-2-1-3-14(10)24)23-8-12(17(25)22-23)15-11-5-7-19-16(11)21-9-20-15/h5,7-10,13-14,24H,1-4H2,(H,22,25)(H,19,20,21). The number of fused-ring (bicyclic) bond motifs is 1. The zero-order chi connectivity index (χ0) is 17.4. The van der Waals surface area contributed by atoms with E-state index in [1.807, 2.05) is 6.07 Å². The number of nitrogens with zero attached hydrogens (tertiary/aromatic N) is 4. The summed E-state index contributed by atoms with van der Waals surface area (Å²) in [6, 6.07) is 3.74. The highest BCUT2D eigenvalue weighted by Crippen LogP contribution is 2.36. The number of nitriles is 1. The van der Waals surface area contributed by atoms with Crippen molar-refractivity contribution in [2.75, 3.05) is 0 Å². The van der Waals surface area contributed by atoms with E-state index in [4.69, 9.17) is 0 Å². The van der Waals surface area contributed by atoms with Gasteiger partial charge >= 0.3 is 0 Å². The normalized spacial score (nSPS) is 21.4. The molecule has 3 N–H and O–H groups in total. The van der Waals surface area contributed by atoms with E-state index in [1.165, 1.54) is 6.33 Å². The van der Waals surface area contributed by atoms with Crippen LogP contribution in [0.2, 0.25) is 0 Å². The molecular formula is C17H18N6O2. The molecule has 1 fully saturated rings. The fourth-order valence-electron chi connectivity index (χ4n) is 3.81. The Morgan fingerprint density at radius 3 is 3.08 bits per heavy atom. The SMILES string of the molecule is N#CCC(C1CCCC1O)n1cc(-c2ncnc3[nH]ccc23)c(=O)[nH]1. The average Bonchev–Trinajstić information content (AvgIpc) is 3.32. The molecule has 128 valence electrons. The summed E-state index contributed by atoms with van der Waals surface area (Å²) in [5.74, 6) is -0.0340. The predicted octanol–water partition coefficient (Wildman–Crippen LogP) is 1.73. The van der Waals surface area contributed by atoms with Crippen molar-refractivity contribution in [1.29, 1.82) is 5.26 Å². The molecule has 0 aliphatic heterocycles. The molecule has 1 saturated carbocycles. The highest BCUT2D eigenvalue weighted by Gasteiger charge is 2.34. The molecule has 0 aromatic carbocycles. The van der Waals surface area contributed by atoms with Crippen molar-refractivity contribution in [2.45, 2.75) is 37.8 Å². The Morgan fingerprint density at radius 1 is 1.44 bits per heavy atom. The maximum Gasteiger partial charge on any atom is 0.273 e. The average molecular weight is 338 g/mol. The molecule has 3 aromatic heterocycles. The van der Waals surface area contributed by atoms with Gasteiger partial charge in [-0.25, -0.2) is 9.97 Å². The second-order valence-electron chi connectivity index (χ2n) is 6.44. The molecule has 0 spiro atoms. The van der Waals surface area contributed by atoms with E-state index in [0.717, 1.165) is 24.6 Å². The van der Waals surface area contributed by atoms with E-state index < -0.39 is 6.10 Å². The molecule has 4 rings (SSSR count). The molecule has 8 heteroatoms. The third-order valence-corrected chi connectivity index (χ3v) is 5.04. The van der Waals surface area contributed by atoms with Gasteiger partial charge in [-0.3, -0.25) is 14.6 Å². The summed E-state index contributed by atoms with van der Waals surface area (Å²) >= 11 is 0. The zero-order valence-corrected chi connectivity index (χ0v) is 13.5. The molecule has 1 aliphatic rings. The van der Waals surface area contributed by atoms with Gasteiger partial charge in [-0.2, -0.15) is 5.26 Å². The molecule has 0 amide bonds. The fourth-order valence-corrected chi connectivity index (χ4v) is 3.81. The number of hydrogen-bond acceptors (Lipinski definition) is 5. The minimum Gasteiger partial charge on any atom is -0.393 e. The first-order valence-electron chi connectivity index (χ1n) is 8.33. The van der Waals surface area contributed by atoms with Crippen molar-refractivity contribution in [3.05, 3.63) is 35.1 Å². The van der Waals surface area contributed by atoms with Crippen LogP contribution in [0.4, 0.5) is 0 Å². The number of aliphatic hydroxyl groups is 1. The summed E-state index contributed by atoms with van der Waals surface area (Å²) in [6.45, 7) is 0. The summed E-state index contributed by atoms with van der Waals surface area (Å²) in [5.41, 5.74) is 1.38. The Morgan fingerprint density at radius 2 is 2.32 bits per heavy atom. The predicted molar refractivity (Wildman–Crippen MR) is 90.6 cm³/mol. The Hall–Kier alpha value is -2.92. The van der Waals surface area contributed by atoms with Gasteiger partial charge < -0.3 is 10.1 Å². The van der Waals surface area contributed by atoms with E-state index in [-0.39, 0.29) is 23.9 Å². The van der Waals surface area contributed by atoms with Gasteiger partial charge in [0.05, 0.1) is 35.9 Å². The van der Waals surface area contributed by atoms with Crippen LogP contribution in [0.3, 0.4) is 0 Å². The van der Waals surface area contributed by atoms with Gasteiger partial charge in [0.2, 0.25) is 0 Å². The lowest BCUT2D eigenvalue weighted by atomic mass is 9.94. The summed E-state index contributed by atoms with van der Waals surface area (Å²) in [6.07, 6.45) is 7.17. The van der Waals surface area contributed by atoms with Crippen LogP contribution < -0.4 is 5.56 Å². The number of nitrogens with one attached hydrogen (secondary N) is 2. The summed E-state index contributed by atoms with van der Waals surface area (Å²) < 4.78 is 1.67. The van der Waals surface area contributed by atoms with E-state index in [2.05, 4.69) is 26.1 Å². The Kier molecular flexibility index (Phi) is 3.86. The lowest BCUT2D eigenvalue weighted by molar-refractivity contribution is 0.0975. The highest BCUT2D eigenvalue weighted by molar-refractivity contribution is 5.89. The van der Waals surface area contributed by atoms with Crippen molar-refractivity contribution < 1.29 is 5.11 Å². The smallest absolute Gasteiger partial charge is 0.273 e. The van der Waals surface area contributed by atoms with Crippen molar-refractivity contribution in [2.24, 2.45) is 5.92 Å². The van der Waals surface area contributed by atoms with Gasteiger partial charge in [0, 0.05) is 23.7 Å². The van der Waals surface area contributed by atoms with Gasteiger partial charge in [-0.15, -0.1) is 0 Å². The van der Waals surface area contributed by atoms with Crippen molar-refractivity contribution in [3.63, 3.8) is 0 Å². The van der Waals surface area contributed by atoms with Crippen LogP contribution in [0, 0.1) is 17.2 Å². The van der Waals surface area contributed by atoms with Gasteiger partial charge in [0.15, 0.2) is 0 Å². The van der Waals surface area contributed by atoms with Crippen LogP contribution in [0.5, 0.6) is 0 Å².